The zero-order valence-corrected chi connectivity index (χ0v) is 20.7. The molecule has 4 nitrogen and oxygen atoms in total. The number of benzene rings is 3. The van der Waals surface area contributed by atoms with Crippen molar-refractivity contribution in [3.63, 3.8) is 0 Å². The van der Waals surface area contributed by atoms with E-state index < -0.39 is 0 Å². The Morgan fingerprint density at radius 2 is 1.81 bits per heavy atom. The van der Waals surface area contributed by atoms with Crippen LogP contribution in [0.25, 0.3) is 6.08 Å². The number of halogens is 1. The number of rotatable bonds is 6. The lowest BCUT2D eigenvalue weighted by Crippen LogP contribution is -2.28. The van der Waals surface area contributed by atoms with Crippen molar-refractivity contribution in [1.29, 1.82) is 0 Å². The number of thioether (sulfide) groups is 1. The van der Waals surface area contributed by atoms with Gasteiger partial charge in [-0.1, -0.05) is 76.3 Å². The molecule has 162 valence electrons. The molecule has 0 atom stereocenters. The second-order valence-corrected chi connectivity index (χ2v) is 9.72. The topological polar surface area (TPSA) is 38.8 Å². The van der Waals surface area contributed by atoms with Gasteiger partial charge in [0, 0.05) is 4.47 Å². The normalized spacial score (nSPS) is 14.8. The number of ether oxygens (including phenoxy) is 2. The number of nitrogens with zero attached hydrogens (tertiary/aromatic N) is 1. The number of hydrogen-bond donors (Lipinski definition) is 0. The molecule has 0 bridgehead atoms. The highest BCUT2D eigenvalue weighted by molar-refractivity contribution is 9.10. The van der Waals surface area contributed by atoms with Crippen molar-refractivity contribution >= 4 is 61.9 Å². The number of methoxy groups -OCH3 is 1. The molecule has 3 aromatic rings. The quantitative estimate of drug-likeness (QED) is 0.263. The van der Waals surface area contributed by atoms with E-state index in [0.29, 0.717) is 27.3 Å². The van der Waals surface area contributed by atoms with Crippen LogP contribution < -0.4 is 14.4 Å². The minimum atomic E-state index is -0.121. The minimum Gasteiger partial charge on any atom is -0.493 e. The first-order chi connectivity index (χ1) is 15.5. The lowest BCUT2D eigenvalue weighted by molar-refractivity contribution is -0.113. The molecule has 7 heteroatoms. The smallest absolute Gasteiger partial charge is 0.270 e. The van der Waals surface area contributed by atoms with Crippen LogP contribution in [0.4, 0.5) is 5.69 Å². The Labute approximate surface area is 205 Å². The van der Waals surface area contributed by atoms with Crippen LogP contribution in [0.2, 0.25) is 0 Å². The molecule has 0 aromatic heterocycles. The fourth-order valence-electron chi connectivity index (χ4n) is 3.28. The maximum absolute atomic E-state index is 13.1. The first kappa shape index (κ1) is 22.6. The summed E-state index contributed by atoms with van der Waals surface area (Å²) in [5, 5.41) is 0. The summed E-state index contributed by atoms with van der Waals surface area (Å²) in [4.78, 5) is 15.2. The SMILES string of the molecule is COc1cc(/C=C2\SC(=S)N(c3ccccc3C)C2=O)ccc1OCc1ccc(Br)cc1. The van der Waals surface area contributed by atoms with Crippen molar-refractivity contribution in [3.05, 3.63) is 92.8 Å². The molecule has 4 rings (SSSR count). The van der Waals surface area contributed by atoms with Gasteiger partial charge >= 0.3 is 0 Å². The van der Waals surface area contributed by atoms with E-state index in [1.54, 1.807) is 12.0 Å². The Morgan fingerprint density at radius 3 is 2.53 bits per heavy atom. The van der Waals surface area contributed by atoms with Crippen molar-refractivity contribution in [2.24, 2.45) is 0 Å². The maximum Gasteiger partial charge on any atom is 0.270 e. The Hall–Kier alpha value is -2.61. The maximum atomic E-state index is 13.1. The van der Waals surface area contributed by atoms with E-state index in [0.717, 1.165) is 26.9 Å². The van der Waals surface area contributed by atoms with Gasteiger partial charge in [-0.15, -0.1) is 0 Å². The predicted octanol–water partition coefficient (Wildman–Crippen LogP) is 6.75. The largest absolute Gasteiger partial charge is 0.493 e. The Morgan fingerprint density at radius 1 is 1.06 bits per heavy atom. The summed E-state index contributed by atoms with van der Waals surface area (Å²) in [5.74, 6) is 1.12. The van der Waals surface area contributed by atoms with E-state index in [1.165, 1.54) is 11.8 Å². The summed E-state index contributed by atoms with van der Waals surface area (Å²) >= 11 is 10.2. The van der Waals surface area contributed by atoms with Gasteiger partial charge in [0.05, 0.1) is 17.7 Å². The van der Waals surface area contributed by atoms with Crippen LogP contribution in [0, 0.1) is 6.92 Å². The number of anilines is 1. The van der Waals surface area contributed by atoms with E-state index in [1.807, 2.05) is 79.7 Å². The zero-order valence-electron chi connectivity index (χ0n) is 17.5. The second-order valence-electron chi connectivity index (χ2n) is 7.13. The average molecular weight is 526 g/mol. The number of carbonyl (C=O) groups excluding carboxylic acids is 1. The molecule has 0 spiro atoms. The van der Waals surface area contributed by atoms with Crippen molar-refractivity contribution in [3.8, 4) is 11.5 Å². The summed E-state index contributed by atoms with van der Waals surface area (Å²) in [7, 11) is 1.60. The first-order valence-electron chi connectivity index (χ1n) is 9.85. The van der Waals surface area contributed by atoms with Crippen LogP contribution in [0.1, 0.15) is 16.7 Å². The van der Waals surface area contributed by atoms with Gasteiger partial charge in [0.1, 0.15) is 6.61 Å². The Bertz CT molecular complexity index is 1210. The predicted molar refractivity (Wildman–Crippen MR) is 138 cm³/mol. The zero-order chi connectivity index (χ0) is 22.7. The van der Waals surface area contributed by atoms with Gasteiger partial charge in [-0.3, -0.25) is 9.69 Å². The highest BCUT2D eigenvalue weighted by Gasteiger charge is 2.33. The van der Waals surface area contributed by atoms with Crippen LogP contribution in [-0.2, 0) is 11.4 Å². The van der Waals surface area contributed by atoms with E-state index in [9.17, 15) is 4.79 Å². The fraction of sp³-hybridized carbons (Fsp3) is 0.120. The van der Waals surface area contributed by atoms with Crippen molar-refractivity contribution in [1.82, 2.24) is 0 Å². The molecule has 0 unspecified atom stereocenters. The number of thiocarbonyl (C=S) groups is 1. The molecule has 1 fully saturated rings. The molecular formula is C25H20BrNO3S2. The van der Waals surface area contributed by atoms with Crippen molar-refractivity contribution < 1.29 is 14.3 Å². The monoisotopic (exact) mass is 525 g/mol. The highest BCUT2D eigenvalue weighted by Crippen LogP contribution is 2.38. The lowest BCUT2D eigenvalue weighted by atomic mass is 10.1. The van der Waals surface area contributed by atoms with Gasteiger partial charge in [-0.05, 0) is 60.0 Å². The molecule has 0 radical (unpaired) electrons. The van der Waals surface area contributed by atoms with Crippen LogP contribution in [-0.4, -0.2) is 17.3 Å². The number of para-hydroxylation sites is 1. The van der Waals surface area contributed by atoms with Gasteiger partial charge in [-0.25, -0.2) is 0 Å². The van der Waals surface area contributed by atoms with Gasteiger partial charge in [-0.2, -0.15) is 0 Å². The standard InChI is InChI=1S/C25H20BrNO3S2/c1-16-5-3-4-6-20(16)27-24(28)23(32-25(27)31)14-18-9-12-21(22(13-18)29-2)30-15-17-7-10-19(26)11-8-17/h3-14H,15H2,1-2H3/b23-14-. The van der Waals surface area contributed by atoms with E-state index in [4.69, 9.17) is 21.7 Å². The molecule has 1 aliphatic heterocycles. The first-order valence-corrected chi connectivity index (χ1v) is 11.9. The van der Waals surface area contributed by atoms with E-state index in [2.05, 4.69) is 15.9 Å². The van der Waals surface area contributed by atoms with Crippen molar-refractivity contribution in [2.45, 2.75) is 13.5 Å². The van der Waals surface area contributed by atoms with Crippen LogP contribution in [0.3, 0.4) is 0 Å². The molecular weight excluding hydrogens is 506 g/mol. The molecule has 32 heavy (non-hydrogen) atoms. The molecule has 1 amide bonds. The van der Waals surface area contributed by atoms with Gasteiger partial charge in [0.2, 0.25) is 0 Å². The van der Waals surface area contributed by atoms with Crippen LogP contribution in [0.5, 0.6) is 11.5 Å². The third-order valence-electron chi connectivity index (χ3n) is 4.94. The summed E-state index contributed by atoms with van der Waals surface area (Å²) < 4.78 is 13.0. The summed E-state index contributed by atoms with van der Waals surface area (Å²) in [6.07, 6.45) is 1.83. The van der Waals surface area contributed by atoms with Gasteiger partial charge < -0.3 is 9.47 Å². The van der Waals surface area contributed by atoms with Gasteiger partial charge in [0.15, 0.2) is 15.8 Å². The molecule has 3 aromatic carbocycles. The van der Waals surface area contributed by atoms with Crippen molar-refractivity contribution in [2.75, 3.05) is 12.0 Å². The Kier molecular flexibility index (Phi) is 6.98. The average Bonchev–Trinajstić information content (AvgIpc) is 3.07. The molecule has 1 aliphatic rings. The summed E-state index contributed by atoms with van der Waals surface area (Å²) in [6.45, 7) is 2.40. The van der Waals surface area contributed by atoms with E-state index >= 15 is 0 Å². The third kappa shape index (κ3) is 4.90. The summed E-state index contributed by atoms with van der Waals surface area (Å²) in [5.41, 5.74) is 3.70. The lowest BCUT2D eigenvalue weighted by Gasteiger charge is -2.16. The minimum absolute atomic E-state index is 0.121. The number of aryl methyl sites for hydroxylation is 1. The van der Waals surface area contributed by atoms with E-state index in [-0.39, 0.29) is 5.91 Å². The molecule has 1 saturated heterocycles. The number of amides is 1. The fourth-order valence-corrected chi connectivity index (χ4v) is 4.83. The number of carbonyl (C=O) groups is 1. The Balaban J connectivity index is 1.54. The molecule has 1 heterocycles. The number of hydrogen-bond acceptors (Lipinski definition) is 5. The third-order valence-corrected chi connectivity index (χ3v) is 6.77. The van der Waals surface area contributed by atoms with Crippen LogP contribution >= 0.6 is 39.9 Å². The molecule has 0 aliphatic carbocycles. The second kappa shape index (κ2) is 9.90. The highest BCUT2D eigenvalue weighted by atomic mass is 79.9. The molecule has 0 N–H and O–H groups in total. The summed E-state index contributed by atoms with van der Waals surface area (Å²) in [6, 6.07) is 21.3. The van der Waals surface area contributed by atoms with Crippen LogP contribution in [0.15, 0.2) is 76.1 Å². The molecule has 0 saturated carbocycles. The van der Waals surface area contributed by atoms with Gasteiger partial charge in [0.25, 0.3) is 5.91 Å².